The molecule has 0 aliphatic rings. The first-order chi connectivity index (χ1) is 9.25. The molecule has 112 valence electrons. The van der Waals surface area contributed by atoms with E-state index in [0.29, 0.717) is 12.0 Å². The summed E-state index contributed by atoms with van der Waals surface area (Å²) in [5.41, 5.74) is 5.79. The number of aryl methyl sites for hydroxylation is 1. The van der Waals surface area contributed by atoms with Crippen LogP contribution in [0.3, 0.4) is 0 Å². The van der Waals surface area contributed by atoms with Crippen molar-refractivity contribution >= 4 is 15.7 Å². The molecule has 0 aliphatic carbocycles. The number of hydrogen-bond acceptors (Lipinski definition) is 5. The summed E-state index contributed by atoms with van der Waals surface area (Å²) in [5, 5.41) is 10.8. The van der Waals surface area contributed by atoms with E-state index in [0.717, 1.165) is 10.4 Å². The molecule has 7 nitrogen and oxygen atoms in total. The highest BCUT2D eigenvalue weighted by Crippen LogP contribution is 2.25. The molecule has 1 unspecified atom stereocenters. The summed E-state index contributed by atoms with van der Waals surface area (Å²) in [4.78, 5) is 10.2. The number of hydrogen-bond donors (Lipinski definition) is 1. The number of benzene rings is 1. The van der Waals surface area contributed by atoms with Gasteiger partial charge in [-0.2, -0.15) is 4.31 Å². The van der Waals surface area contributed by atoms with Gasteiger partial charge in [0.2, 0.25) is 10.0 Å². The Balaban J connectivity index is 3.42. The van der Waals surface area contributed by atoms with Crippen molar-refractivity contribution in [2.45, 2.75) is 31.2 Å². The van der Waals surface area contributed by atoms with E-state index in [9.17, 15) is 18.5 Å². The van der Waals surface area contributed by atoms with Crippen molar-refractivity contribution in [3.05, 3.63) is 33.9 Å². The van der Waals surface area contributed by atoms with Crippen LogP contribution in [0.15, 0.2) is 23.1 Å². The van der Waals surface area contributed by atoms with E-state index in [4.69, 9.17) is 5.73 Å². The van der Waals surface area contributed by atoms with Gasteiger partial charge in [-0.3, -0.25) is 10.1 Å². The van der Waals surface area contributed by atoms with Crippen LogP contribution in [-0.2, 0) is 16.4 Å². The lowest BCUT2D eigenvalue weighted by molar-refractivity contribution is -0.385. The van der Waals surface area contributed by atoms with Crippen molar-refractivity contribution in [2.75, 3.05) is 13.6 Å². The SMILES string of the molecule is CCc1ccc([N+](=O)[O-])cc1S(=O)(=O)N(C)C(C)CN. The molecule has 0 amide bonds. The number of non-ortho nitro benzene ring substituents is 1. The Hall–Kier alpha value is -1.51. The van der Waals surface area contributed by atoms with E-state index >= 15 is 0 Å². The Morgan fingerprint density at radius 2 is 2.05 bits per heavy atom. The molecule has 1 atom stereocenters. The van der Waals surface area contributed by atoms with Crippen LogP contribution in [0, 0.1) is 10.1 Å². The molecule has 0 radical (unpaired) electrons. The van der Waals surface area contributed by atoms with Crippen molar-refractivity contribution in [1.82, 2.24) is 4.31 Å². The largest absolute Gasteiger partial charge is 0.329 e. The van der Waals surface area contributed by atoms with Crippen LogP contribution in [0.2, 0.25) is 0 Å². The van der Waals surface area contributed by atoms with Gasteiger partial charge in [0, 0.05) is 31.8 Å². The van der Waals surface area contributed by atoms with E-state index in [-0.39, 0.29) is 23.2 Å². The predicted molar refractivity (Wildman–Crippen MR) is 75.9 cm³/mol. The summed E-state index contributed by atoms with van der Waals surface area (Å²) >= 11 is 0. The fourth-order valence-electron chi connectivity index (χ4n) is 1.73. The van der Waals surface area contributed by atoms with E-state index < -0.39 is 14.9 Å². The Labute approximate surface area is 118 Å². The third kappa shape index (κ3) is 3.14. The van der Waals surface area contributed by atoms with Crippen LogP contribution in [0.25, 0.3) is 0 Å². The zero-order valence-electron chi connectivity index (χ0n) is 11.7. The molecule has 2 N–H and O–H groups in total. The van der Waals surface area contributed by atoms with Crippen molar-refractivity contribution < 1.29 is 13.3 Å². The quantitative estimate of drug-likeness (QED) is 0.626. The Bertz CT molecular complexity index is 601. The normalized spacial score (nSPS) is 13.4. The molecular formula is C12H19N3O4S. The second-order valence-electron chi connectivity index (χ2n) is 4.51. The number of rotatable bonds is 6. The van der Waals surface area contributed by atoms with Crippen LogP contribution in [0.4, 0.5) is 5.69 Å². The Morgan fingerprint density at radius 3 is 2.50 bits per heavy atom. The zero-order chi connectivity index (χ0) is 15.5. The van der Waals surface area contributed by atoms with Crippen molar-refractivity contribution in [3.8, 4) is 0 Å². The maximum absolute atomic E-state index is 12.5. The predicted octanol–water partition coefficient (Wildman–Crippen LogP) is 1.12. The lowest BCUT2D eigenvalue weighted by Crippen LogP contribution is -2.40. The molecule has 8 heteroatoms. The first-order valence-corrected chi connectivity index (χ1v) is 7.65. The molecular weight excluding hydrogens is 282 g/mol. The molecule has 1 aromatic rings. The van der Waals surface area contributed by atoms with Gasteiger partial charge in [-0.05, 0) is 18.9 Å². The monoisotopic (exact) mass is 301 g/mol. The van der Waals surface area contributed by atoms with Gasteiger partial charge >= 0.3 is 0 Å². The molecule has 0 fully saturated rings. The lowest BCUT2D eigenvalue weighted by atomic mass is 10.1. The maximum atomic E-state index is 12.5. The molecule has 0 bridgehead atoms. The van der Waals surface area contributed by atoms with Crippen LogP contribution in [0.1, 0.15) is 19.4 Å². The summed E-state index contributed by atoms with van der Waals surface area (Å²) in [6.45, 7) is 3.65. The molecule has 0 saturated heterocycles. The standard InChI is InChI=1S/C12H19N3O4S/c1-4-10-5-6-11(15(16)17)7-12(10)20(18,19)14(3)9(2)8-13/h5-7,9H,4,8,13H2,1-3H3. The van der Waals surface area contributed by atoms with Gasteiger partial charge in [0.05, 0.1) is 9.82 Å². The molecule has 0 heterocycles. The van der Waals surface area contributed by atoms with Crippen LogP contribution >= 0.6 is 0 Å². The second kappa shape index (κ2) is 6.29. The van der Waals surface area contributed by atoms with Crippen molar-refractivity contribution in [2.24, 2.45) is 5.73 Å². The van der Waals surface area contributed by atoms with Crippen LogP contribution in [0.5, 0.6) is 0 Å². The molecule has 20 heavy (non-hydrogen) atoms. The second-order valence-corrected chi connectivity index (χ2v) is 6.47. The summed E-state index contributed by atoms with van der Waals surface area (Å²) < 4.78 is 26.2. The topological polar surface area (TPSA) is 107 Å². The van der Waals surface area contributed by atoms with Crippen molar-refractivity contribution in [3.63, 3.8) is 0 Å². The molecule has 1 rings (SSSR count). The zero-order valence-corrected chi connectivity index (χ0v) is 12.6. The molecule has 0 spiro atoms. The van der Waals surface area contributed by atoms with Crippen molar-refractivity contribution in [1.29, 1.82) is 0 Å². The third-order valence-electron chi connectivity index (χ3n) is 3.26. The number of nitro groups is 1. The fourth-order valence-corrected chi connectivity index (χ4v) is 3.41. The van der Waals surface area contributed by atoms with E-state index in [1.807, 2.05) is 0 Å². The van der Waals surface area contributed by atoms with Gasteiger partial charge in [0.15, 0.2) is 0 Å². The summed E-state index contributed by atoms with van der Waals surface area (Å²) in [7, 11) is -2.38. The number of likely N-dealkylation sites (N-methyl/N-ethyl adjacent to an activating group) is 1. The summed E-state index contributed by atoms with van der Waals surface area (Å²) in [5.74, 6) is 0. The Kier molecular flexibility index (Phi) is 5.21. The minimum Gasteiger partial charge on any atom is -0.329 e. The maximum Gasteiger partial charge on any atom is 0.270 e. The lowest BCUT2D eigenvalue weighted by Gasteiger charge is -2.24. The summed E-state index contributed by atoms with van der Waals surface area (Å²) in [6.07, 6.45) is 0.470. The minimum atomic E-state index is -3.80. The highest BCUT2D eigenvalue weighted by molar-refractivity contribution is 7.89. The Morgan fingerprint density at radius 1 is 1.45 bits per heavy atom. The van der Waals surface area contributed by atoms with Gasteiger partial charge in [-0.25, -0.2) is 8.42 Å². The van der Waals surface area contributed by atoms with Crippen LogP contribution in [-0.4, -0.2) is 37.3 Å². The highest BCUT2D eigenvalue weighted by atomic mass is 32.2. The first-order valence-electron chi connectivity index (χ1n) is 6.21. The number of sulfonamides is 1. The fraction of sp³-hybridized carbons (Fsp3) is 0.500. The average Bonchev–Trinajstić information content (AvgIpc) is 2.44. The average molecular weight is 301 g/mol. The van der Waals surface area contributed by atoms with Gasteiger partial charge in [-0.1, -0.05) is 13.0 Å². The molecule has 0 saturated carbocycles. The van der Waals surface area contributed by atoms with Gasteiger partial charge < -0.3 is 5.73 Å². The molecule has 1 aromatic carbocycles. The molecule has 0 aliphatic heterocycles. The third-order valence-corrected chi connectivity index (χ3v) is 5.32. The molecule has 0 aromatic heterocycles. The highest BCUT2D eigenvalue weighted by Gasteiger charge is 2.28. The van der Waals surface area contributed by atoms with E-state index in [1.54, 1.807) is 13.8 Å². The number of nitro benzene ring substituents is 1. The van der Waals surface area contributed by atoms with Gasteiger partial charge in [-0.15, -0.1) is 0 Å². The summed E-state index contributed by atoms with van der Waals surface area (Å²) in [6, 6.07) is 3.51. The van der Waals surface area contributed by atoms with Crippen LogP contribution < -0.4 is 5.73 Å². The van der Waals surface area contributed by atoms with Gasteiger partial charge in [0.1, 0.15) is 0 Å². The first kappa shape index (κ1) is 16.5. The number of nitrogens with zero attached hydrogens (tertiary/aromatic N) is 2. The van der Waals surface area contributed by atoms with E-state index in [1.165, 1.54) is 19.2 Å². The number of nitrogens with two attached hydrogens (primary N) is 1. The minimum absolute atomic E-state index is 0.0306. The van der Waals surface area contributed by atoms with Gasteiger partial charge in [0.25, 0.3) is 5.69 Å². The van der Waals surface area contributed by atoms with E-state index in [2.05, 4.69) is 0 Å². The smallest absolute Gasteiger partial charge is 0.270 e.